The van der Waals surface area contributed by atoms with Gasteiger partial charge in [0.05, 0.1) is 5.70 Å². The van der Waals surface area contributed by atoms with Gasteiger partial charge < -0.3 is 14.3 Å². The van der Waals surface area contributed by atoms with Gasteiger partial charge in [0.2, 0.25) is 5.72 Å². The van der Waals surface area contributed by atoms with E-state index in [1.54, 1.807) is 0 Å². The molecule has 10 heteroatoms. The first-order valence-corrected chi connectivity index (χ1v) is 8.53. The van der Waals surface area contributed by atoms with Gasteiger partial charge in [-0.15, -0.1) is 0 Å². The number of hydrogen-bond donors (Lipinski definition) is 2. The van der Waals surface area contributed by atoms with Gasteiger partial charge >= 0.3 is 5.91 Å². The molecule has 1 aliphatic heterocycles. The minimum absolute atomic E-state index is 0.0212. The summed E-state index contributed by atoms with van der Waals surface area (Å²) in [5.41, 5.74) is -0.561. The number of alkyl halides is 4. The van der Waals surface area contributed by atoms with Crippen LogP contribution < -0.4 is 10.2 Å². The number of hydrazine groups is 1. The molecule has 0 fully saturated rings. The molecule has 0 saturated heterocycles. The van der Waals surface area contributed by atoms with Crippen molar-refractivity contribution in [1.82, 2.24) is 10.4 Å². The zero-order valence-electron chi connectivity index (χ0n) is 15.5. The fraction of sp³-hybridized carbons (Fsp3) is 0.316. The first kappa shape index (κ1) is 20.7. The molecule has 156 valence electrons. The first-order chi connectivity index (χ1) is 13.6. The Kier molecular flexibility index (Phi) is 5.56. The van der Waals surface area contributed by atoms with Gasteiger partial charge in [0.15, 0.2) is 5.76 Å². The highest BCUT2D eigenvalue weighted by molar-refractivity contribution is 5.92. The van der Waals surface area contributed by atoms with Crippen LogP contribution in [0.4, 0.5) is 17.6 Å². The molecule has 1 aromatic heterocycles. The maximum Gasteiger partial charge on any atom is 0.311 e. The maximum atomic E-state index is 13.2. The van der Waals surface area contributed by atoms with Crippen molar-refractivity contribution in [3.63, 3.8) is 0 Å². The molecule has 2 aromatic rings. The summed E-state index contributed by atoms with van der Waals surface area (Å²) in [5, 5.41) is 10.0. The van der Waals surface area contributed by atoms with Crippen molar-refractivity contribution >= 4 is 5.91 Å². The van der Waals surface area contributed by atoms with E-state index >= 15 is 0 Å². The third kappa shape index (κ3) is 4.07. The van der Waals surface area contributed by atoms with E-state index in [9.17, 15) is 27.5 Å². The van der Waals surface area contributed by atoms with Crippen molar-refractivity contribution in [2.24, 2.45) is 0 Å². The van der Waals surface area contributed by atoms with E-state index in [1.165, 1.54) is 12.1 Å². The molecular formula is C19H18F4N2O4. The number of rotatable bonds is 6. The van der Waals surface area contributed by atoms with Crippen LogP contribution in [0.2, 0.25) is 0 Å². The Bertz CT molecular complexity index is 944. The largest absolute Gasteiger partial charge is 0.485 e. The lowest BCUT2D eigenvalue weighted by Gasteiger charge is -2.30. The highest BCUT2D eigenvalue weighted by Gasteiger charge is 2.51. The summed E-state index contributed by atoms with van der Waals surface area (Å²) in [7, 11) is 0. The van der Waals surface area contributed by atoms with Crippen LogP contribution in [0.25, 0.3) is 0 Å². The van der Waals surface area contributed by atoms with Crippen molar-refractivity contribution in [3.8, 4) is 5.75 Å². The number of amides is 1. The number of halogens is 4. The number of carbonyl (C=O) groups is 1. The number of aliphatic hydroxyl groups is 1. The maximum absolute atomic E-state index is 13.2. The van der Waals surface area contributed by atoms with Crippen LogP contribution >= 0.6 is 0 Å². The SMILES string of the molecule is Cc1ccc(C)c(OCc2ccc(C(=O)N3NC(C(F)F)=CC3(O)C(F)F)o2)c1. The van der Waals surface area contributed by atoms with E-state index in [-0.39, 0.29) is 23.5 Å². The Balaban J connectivity index is 1.74. The van der Waals surface area contributed by atoms with Gasteiger partial charge in [-0.3, -0.25) is 10.2 Å². The van der Waals surface area contributed by atoms with Gasteiger partial charge in [0, 0.05) is 6.08 Å². The average molecular weight is 414 g/mol. The van der Waals surface area contributed by atoms with Gasteiger partial charge in [-0.25, -0.2) is 22.6 Å². The van der Waals surface area contributed by atoms with Crippen LogP contribution in [-0.2, 0) is 6.61 Å². The van der Waals surface area contributed by atoms with E-state index in [4.69, 9.17) is 9.15 Å². The van der Waals surface area contributed by atoms with Crippen molar-refractivity contribution in [3.05, 3.63) is 64.8 Å². The molecule has 3 rings (SSSR count). The Morgan fingerprint density at radius 1 is 1.24 bits per heavy atom. The number of aryl methyl sites for hydroxylation is 2. The molecule has 0 spiro atoms. The molecule has 6 nitrogen and oxygen atoms in total. The van der Waals surface area contributed by atoms with Crippen molar-refractivity contribution in [2.75, 3.05) is 0 Å². The van der Waals surface area contributed by atoms with Crippen LogP contribution in [0.5, 0.6) is 5.75 Å². The van der Waals surface area contributed by atoms with E-state index in [0.29, 0.717) is 5.75 Å². The third-order valence-electron chi connectivity index (χ3n) is 4.31. The average Bonchev–Trinajstić information content (AvgIpc) is 3.27. The number of hydrogen-bond acceptors (Lipinski definition) is 5. The molecule has 0 radical (unpaired) electrons. The number of carbonyl (C=O) groups excluding carboxylic acids is 1. The summed E-state index contributed by atoms with van der Waals surface area (Å²) >= 11 is 0. The number of furan rings is 1. The topological polar surface area (TPSA) is 74.9 Å². The van der Waals surface area contributed by atoms with E-state index in [0.717, 1.165) is 11.1 Å². The quantitative estimate of drug-likeness (QED) is 0.708. The lowest BCUT2D eigenvalue weighted by Crippen LogP contribution is -2.56. The third-order valence-corrected chi connectivity index (χ3v) is 4.31. The molecule has 0 saturated carbocycles. The standard InChI is InChI=1S/C19H18F4N2O4/c1-10-3-4-11(2)15(7-10)28-9-12-5-6-14(29-12)17(26)25-19(27,18(22)23)8-13(24-25)16(20)21/h3-8,16,18,24,27H,9H2,1-2H3. The smallest absolute Gasteiger partial charge is 0.311 e. The molecule has 2 heterocycles. The van der Waals surface area contributed by atoms with Crippen molar-refractivity contribution in [1.29, 1.82) is 0 Å². The molecule has 1 aromatic carbocycles. The number of nitrogens with one attached hydrogen (secondary N) is 1. The number of benzene rings is 1. The van der Waals surface area contributed by atoms with Gasteiger partial charge in [0.25, 0.3) is 12.9 Å². The van der Waals surface area contributed by atoms with E-state index < -0.39 is 35.9 Å². The van der Waals surface area contributed by atoms with Gasteiger partial charge in [0.1, 0.15) is 18.1 Å². The summed E-state index contributed by atoms with van der Waals surface area (Å²) in [6, 6.07) is 8.18. The van der Waals surface area contributed by atoms with Gasteiger partial charge in [-0.05, 0) is 43.2 Å². The summed E-state index contributed by atoms with van der Waals surface area (Å²) in [6.07, 6.45) is -6.50. The fourth-order valence-corrected chi connectivity index (χ4v) is 2.72. The van der Waals surface area contributed by atoms with Crippen LogP contribution in [0.1, 0.15) is 27.4 Å². The number of ether oxygens (including phenoxy) is 1. The summed E-state index contributed by atoms with van der Waals surface area (Å²) < 4.78 is 63.1. The van der Waals surface area contributed by atoms with Crippen LogP contribution in [0.3, 0.4) is 0 Å². The second kappa shape index (κ2) is 7.78. The molecule has 1 aliphatic rings. The molecule has 0 aliphatic carbocycles. The van der Waals surface area contributed by atoms with Crippen molar-refractivity contribution < 1.29 is 36.6 Å². The monoisotopic (exact) mass is 414 g/mol. The number of nitrogens with zero attached hydrogens (tertiary/aromatic N) is 1. The predicted octanol–water partition coefficient (Wildman–Crippen LogP) is 3.54. The lowest BCUT2D eigenvalue weighted by molar-refractivity contribution is -0.147. The highest BCUT2D eigenvalue weighted by Crippen LogP contribution is 2.31. The Hall–Kier alpha value is -3.01. The summed E-state index contributed by atoms with van der Waals surface area (Å²) in [6.45, 7) is 3.69. The fourth-order valence-electron chi connectivity index (χ4n) is 2.72. The van der Waals surface area contributed by atoms with E-state index in [1.807, 2.05) is 37.5 Å². The Labute approximate surface area is 163 Å². The minimum Gasteiger partial charge on any atom is -0.485 e. The molecule has 1 unspecified atom stereocenters. The highest BCUT2D eigenvalue weighted by atomic mass is 19.3. The summed E-state index contributed by atoms with van der Waals surface area (Å²) in [5.74, 6) is -0.859. The number of allylic oxidation sites excluding steroid dienone is 1. The Morgan fingerprint density at radius 3 is 2.62 bits per heavy atom. The molecule has 1 amide bonds. The zero-order valence-corrected chi connectivity index (χ0v) is 15.5. The lowest BCUT2D eigenvalue weighted by atomic mass is 10.1. The van der Waals surface area contributed by atoms with Crippen LogP contribution in [0, 0.1) is 13.8 Å². The first-order valence-electron chi connectivity index (χ1n) is 8.53. The van der Waals surface area contributed by atoms with Crippen LogP contribution in [-0.4, -0.2) is 34.6 Å². The van der Waals surface area contributed by atoms with Gasteiger partial charge in [-0.1, -0.05) is 12.1 Å². The van der Waals surface area contributed by atoms with E-state index in [2.05, 4.69) is 0 Å². The van der Waals surface area contributed by atoms with Gasteiger partial charge in [-0.2, -0.15) is 0 Å². The zero-order chi connectivity index (χ0) is 21.3. The molecule has 0 bridgehead atoms. The summed E-state index contributed by atoms with van der Waals surface area (Å²) in [4.78, 5) is 12.5. The van der Waals surface area contributed by atoms with Crippen molar-refractivity contribution in [2.45, 2.75) is 39.0 Å². The second-order valence-electron chi connectivity index (χ2n) is 6.56. The molecule has 1 atom stereocenters. The van der Waals surface area contributed by atoms with Crippen LogP contribution in [0.15, 0.2) is 46.5 Å². The minimum atomic E-state index is -3.53. The molecular weight excluding hydrogens is 396 g/mol. The second-order valence-corrected chi connectivity index (χ2v) is 6.56. The molecule has 2 N–H and O–H groups in total. The molecule has 29 heavy (non-hydrogen) atoms. The predicted molar refractivity (Wildman–Crippen MR) is 93.3 cm³/mol. The normalized spacial score (nSPS) is 18.9. The Morgan fingerprint density at radius 2 is 1.97 bits per heavy atom.